The van der Waals surface area contributed by atoms with Gasteiger partial charge in [0.2, 0.25) is 5.91 Å². The average molecular weight is 252 g/mol. The number of primary amides is 1. The SMILES string of the molecule is CC1(C)CCCC1NCc1cc(C(N)=O)cs1. The Kier molecular flexibility index (Phi) is 3.54. The molecule has 3 N–H and O–H groups in total. The summed E-state index contributed by atoms with van der Waals surface area (Å²) in [5.41, 5.74) is 6.25. The lowest BCUT2D eigenvalue weighted by Gasteiger charge is -2.27. The quantitative estimate of drug-likeness (QED) is 0.865. The van der Waals surface area contributed by atoms with E-state index >= 15 is 0 Å². The molecule has 1 amide bonds. The molecule has 1 aliphatic carbocycles. The van der Waals surface area contributed by atoms with Crippen LogP contribution in [-0.4, -0.2) is 11.9 Å². The molecule has 2 rings (SSSR count). The monoisotopic (exact) mass is 252 g/mol. The molecule has 1 heterocycles. The van der Waals surface area contributed by atoms with Crippen LogP contribution in [0.5, 0.6) is 0 Å². The van der Waals surface area contributed by atoms with E-state index in [1.54, 1.807) is 11.3 Å². The van der Waals surface area contributed by atoms with Crippen LogP contribution in [0.15, 0.2) is 11.4 Å². The summed E-state index contributed by atoms with van der Waals surface area (Å²) in [6.07, 6.45) is 3.85. The minimum absolute atomic E-state index is 0.339. The third kappa shape index (κ3) is 2.87. The Morgan fingerprint density at radius 1 is 1.65 bits per heavy atom. The largest absolute Gasteiger partial charge is 0.366 e. The molecule has 1 saturated carbocycles. The van der Waals surface area contributed by atoms with Crippen molar-refractivity contribution < 1.29 is 4.79 Å². The lowest BCUT2D eigenvalue weighted by Crippen LogP contribution is -2.37. The van der Waals surface area contributed by atoms with Gasteiger partial charge in [-0.15, -0.1) is 11.3 Å². The Morgan fingerprint density at radius 3 is 2.94 bits per heavy atom. The summed E-state index contributed by atoms with van der Waals surface area (Å²) in [7, 11) is 0. The zero-order valence-corrected chi connectivity index (χ0v) is 11.3. The van der Waals surface area contributed by atoms with Gasteiger partial charge in [0.15, 0.2) is 0 Å². The van der Waals surface area contributed by atoms with Gasteiger partial charge in [-0.2, -0.15) is 0 Å². The molecule has 0 aliphatic heterocycles. The second-order valence-corrected chi connectivity index (χ2v) is 6.48. The third-order valence-corrected chi connectivity index (χ3v) is 4.65. The van der Waals surface area contributed by atoms with E-state index in [0.717, 1.165) is 6.54 Å². The summed E-state index contributed by atoms with van der Waals surface area (Å²) < 4.78 is 0. The Hall–Kier alpha value is -0.870. The normalized spacial score (nSPS) is 22.8. The number of rotatable bonds is 4. The molecule has 0 radical (unpaired) electrons. The highest BCUT2D eigenvalue weighted by Crippen LogP contribution is 2.37. The highest BCUT2D eigenvalue weighted by Gasteiger charge is 2.33. The van der Waals surface area contributed by atoms with Crippen LogP contribution in [0, 0.1) is 5.41 Å². The molecule has 1 aromatic heterocycles. The number of nitrogens with one attached hydrogen (secondary N) is 1. The molecule has 3 nitrogen and oxygen atoms in total. The highest BCUT2D eigenvalue weighted by molar-refractivity contribution is 7.10. The maximum atomic E-state index is 11.0. The van der Waals surface area contributed by atoms with Gasteiger partial charge in [0, 0.05) is 22.8 Å². The molecule has 1 aromatic rings. The van der Waals surface area contributed by atoms with Crippen molar-refractivity contribution in [1.29, 1.82) is 0 Å². The van der Waals surface area contributed by atoms with E-state index in [9.17, 15) is 4.79 Å². The lowest BCUT2D eigenvalue weighted by atomic mass is 9.87. The van der Waals surface area contributed by atoms with Gasteiger partial charge in [0.05, 0.1) is 5.56 Å². The minimum atomic E-state index is -0.339. The topological polar surface area (TPSA) is 55.1 Å². The van der Waals surface area contributed by atoms with Crippen molar-refractivity contribution in [2.24, 2.45) is 11.1 Å². The summed E-state index contributed by atoms with van der Waals surface area (Å²) in [6.45, 7) is 5.48. The van der Waals surface area contributed by atoms with Gasteiger partial charge in [0.25, 0.3) is 0 Å². The standard InChI is InChI=1S/C13H20N2OS/c1-13(2)5-3-4-11(13)15-7-10-6-9(8-17-10)12(14)16/h6,8,11,15H,3-5,7H2,1-2H3,(H2,14,16). The maximum absolute atomic E-state index is 11.0. The fourth-order valence-corrected chi connectivity index (χ4v) is 3.36. The van der Waals surface area contributed by atoms with Crippen molar-refractivity contribution in [1.82, 2.24) is 5.32 Å². The van der Waals surface area contributed by atoms with E-state index in [-0.39, 0.29) is 5.91 Å². The highest BCUT2D eigenvalue weighted by atomic mass is 32.1. The number of hydrogen-bond donors (Lipinski definition) is 2. The van der Waals surface area contributed by atoms with E-state index in [1.807, 2.05) is 11.4 Å². The molecule has 4 heteroatoms. The summed E-state index contributed by atoms with van der Waals surface area (Å²) in [6, 6.07) is 2.48. The number of carbonyl (C=O) groups is 1. The van der Waals surface area contributed by atoms with Crippen LogP contribution >= 0.6 is 11.3 Å². The number of amides is 1. The predicted octanol–water partition coefficient (Wildman–Crippen LogP) is 2.52. The number of hydrogen-bond acceptors (Lipinski definition) is 3. The molecule has 0 bridgehead atoms. The molecule has 1 atom stereocenters. The Bertz CT molecular complexity index is 411. The first-order chi connectivity index (χ1) is 7.99. The van der Waals surface area contributed by atoms with Crippen LogP contribution in [0.3, 0.4) is 0 Å². The fourth-order valence-electron chi connectivity index (χ4n) is 2.53. The first-order valence-electron chi connectivity index (χ1n) is 6.09. The van der Waals surface area contributed by atoms with Gasteiger partial charge in [-0.3, -0.25) is 4.79 Å². The number of carbonyl (C=O) groups excluding carboxylic acids is 1. The van der Waals surface area contributed by atoms with E-state index in [2.05, 4.69) is 19.2 Å². The van der Waals surface area contributed by atoms with Gasteiger partial charge < -0.3 is 11.1 Å². The first kappa shape index (κ1) is 12.6. The van der Waals surface area contributed by atoms with Crippen molar-refractivity contribution >= 4 is 17.2 Å². The number of nitrogens with two attached hydrogens (primary N) is 1. The molecular weight excluding hydrogens is 232 g/mol. The van der Waals surface area contributed by atoms with E-state index in [4.69, 9.17) is 5.73 Å². The fraction of sp³-hybridized carbons (Fsp3) is 0.615. The van der Waals surface area contributed by atoms with Gasteiger partial charge in [0.1, 0.15) is 0 Å². The number of thiophene rings is 1. The maximum Gasteiger partial charge on any atom is 0.249 e. The second kappa shape index (κ2) is 4.78. The predicted molar refractivity (Wildman–Crippen MR) is 71.1 cm³/mol. The van der Waals surface area contributed by atoms with Gasteiger partial charge >= 0.3 is 0 Å². The Labute approximate surface area is 106 Å². The van der Waals surface area contributed by atoms with Crippen LogP contribution < -0.4 is 11.1 Å². The van der Waals surface area contributed by atoms with Crippen molar-refractivity contribution in [3.05, 3.63) is 21.9 Å². The minimum Gasteiger partial charge on any atom is -0.366 e. The van der Waals surface area contributed by atoms with Gasteiger partial charge in [-0.05, 0) is 24.3 Å². The van der Waals surface area contributed by atoms with Crippen LogP contribution in [0.25, 0.3) is 0 Å². The van der Waals surface area contributed by atoms with Crippen LogP contribution in [0.2, 0.25) is 0 Å². The summed E-state index contributed by atoms with van der Waals surface area (Å²) in [5.74, 6) is -0.339. The van der Waals surface area contributed by atoms with Crippen molar-refractivity contribution in [2.75, 3.05) is 0 Å². The van der Waals surface area contributed by atoms with Crippen LogP contribution in [0.1, 0.15) is 48.3 Å². The van der Waals surface area contributed by atoms with Gasteiger partial charge in [-0.25, -0.2) is 0 Å². The van der Waals surface area contributed by atoms with E-state index in [0.29, 0.717) is 17.0 Å². The van der Waals surface area contributed by atoms with Gasteiger partial charge in [-0.1, -0.05) is 20.3 Å². The zero-order valence-electron chi connectivity index (χ0n) is 10.5. The molecule has 1 aliphatic rings. The Morgan fingerprint density at radius 2 is 2.41 bits per heavy atom. The van der Waals surface area contributed by atoms with Crippen LogP contribution in [-0.2, 0) is 6.54 Å². The lowest BCUT2D eigenvalue weighted by molar-refractivity contribution is 0.100. The molecular formula is C13H20N2OS. The molecule has 0 saturated heterocycles. The molecule has 1 unspecified atom stereocenters. The van der Waals surface area contributed by atoms with E-state index in [1.165, 1.54) is 24.1 Å². The van der Waals surface area contributed by atoms with Crippen LogP contribution in [0.4, 0.5) is 0 Å². The van der Waals surface area contributed by atoms with Crippen molar-refractivity contribution in [3.8, 4) is 0 Å². The summed E-state index contributed by atoms with van der Waals surface area (Å²) >= 11 is 1.60. The molecule has 0 spiro atoms. The summed E-state index contributed by atoms with van der Waals surface area (Å²) in [4.78, 5) is 12.2. The summed E-state index contributed by atoms with van der Waals surface area (Å²) in [5, 5.41) is 5.43. The van der Waals surface area contributed by atoms with Crippen molar-refractivity contribution in [3.63, 3.8) is 0 Å². The average Bonchev–Trinajstić information content (AvgIpc) is 2.81. The molecule has 0 aromatic carbocycles. The first-order valence-corrected chi connectivity index (χ1v) is 6.97. The smallest absolute Gasteiger partial charge is 0.249 e. The molecule has 94 valence electrons. The van der Waals surface area contributed by atoms with Crippen molar-refractivity contribution in [2.45, 2.75) is 45.7 Å². The Balaban J connectivity index is 1.91. The molecule has 17 heavy (non-hydrogen) atoms. The third-order valence-electron chi connectivity index (χ3n) is 3.72. The zero-order chi connectivity index (χ0) is 12.5. The van der Waals surface area contributed by atoms with E-state index < -0.39 is 0 Å². The second-order valence-electron chi connectivity index (χ2n) is 5.48. The molecule has 1 fully saturated rings.